The SMILES string of the molecule is CCC1C2CCC3CC(C)CCC3(C)C2CCC1(C)CC(=O)Cn1nnc(C)n1. The smallest absolute Gasteiger partial charge is 0.171 e. The molecule has 7 unspecified atom stereocenters. The maximum absolute atomic E-state index is 12.9. The topological polar surface area (TPSA) is 60.7 Å². The molecule has 0 bridgehead atoms. The maximum Gasteiger partial charge on any atom is 0.171 e. The number of ketones is 1. The Balaban J connectivity index is 1.49. The van der Waals surface area contributed by atoms with E-state index in [9.17, 15) is 4.79 Å². The molecular formula is C24H40N4O. The molecule has 0 N–H and O–H groups in total. The first-order valence-corrected chi connectivity index (χ1v) is 12.0. The molecule has 1 aromatic heterocycles. The van der Waals surface area contributed by atoms with Gasteiger partial charge in [-0.2, -0.15) is 4.80 Å². The first kappa shape index (κ1) is 21.0. The average molecular weight is 401 g/mol. The summed E-state index contributed by atoms with van der Waals surface area (Å²) in [7, 11) is 0. The van der Waals surface area contributed by atoms with Crippen LogP contribution in [0.3, 0.4) is 0 Å². The van der Waals surface area contributed by atoms with Crippen molar-refractivity contribution >= 4 is 5.78 Å². The standard InChI is InChI=1S/C24H40N4O/c1-6-21-20-8-7-18-13-16(2)9-12-24(18,5)22(20)10-11-23(21,4)14-19(29)15-28-26-17(3)25-27-28/h16,18,20-22H,6-15H2,1-5H3. The van der Waals surface area contributed by atoms with E-state index in [1.165, 1.54) is 56.2 Å². The number of nitrogens with zero attached hydrogens (tertiary/aromatic N) is 4. The molecule has 5 nitrogen and oxygen atoms in total. The van der Waals surface area contributed by atoms with Crippen LogP contribution in [0.25, 0.3) is 0 Å². The minimum Gasteiger partial charge on any atom is -0.298 e. The van der Waals surface area contributed by atoms with Crippen molar-refractivity contribution < 1.29 is 4.79 Å². The summed E-state index contributed by atoms with van der Waals surface area (Å²) in [6.07, 6.45) is 11.4. The lowest BCUT2D eigenvalue weighted by Crippen LogP contribution is -2.53. The van der Waals surface area contributed by atoms with Gasteiger partial charge < -0.3 is 0 Å². The number of carbonyl (C=O) groups is 1. The fourth-order valence-electron chi connectivity index (χ4n) is 7.94. The lowest BCUT2D eigenvalue weighted by molar-refractivity contribution is -0.136. The van der Waals surface area contributed by atoms with Gasteiger partial charge in [0.2, 0.25) is 0 Å². The Morgan fingerprint density at radius 2 is 1.97 bits per heavy atom. The van der Waals surface area contributed by atoms with E-state index >= 15 is 0 Å². The largest absolute Gasteiger partial charge is 0.298 e. The summed E-state index contributed by atoms with van der Waals surface area (Å²) >= 11 is 0. The molecule has 7 atom stereocenters. The molecule has 3 aliphatic carbocycles. The minimum atomic E-state index is 0.119. The highest BCUT2D eigenvalue weighted by Crippen LogP contribution is 2.64. The molecule has 3 fully saturated rings. The van der Waals surface area contributed by atoms with Crippen molar-refractivity contribution in [3.8, 4) is 0 Å². The fraction of sp³-hybridized carbons (Fsp3) is 0.917. The third kappa shape index (κ3) is 3.79. The number of Topliss-reactive ketones (excluding diaryl/α,β-unsaturated/α-hetero) is 1. The second-order valence-corrected chi connectivity index (χ2v) is 11.2. The molecule has 162 valence electrons. The van der Waals surface area contributed by atoms with Gasteiger partial charge >= 0.3 is 0 Å². The summed E-state index contributed by atoms with van der Waals surface area (Å²) in [5, 5.41) is 12.1. The van der Waals surface area contributed by atoms with Crippen molar-refractivity contribution in [1.82, 2.24) is 20.2 Å². The predicted molar refractivity (Wildman–Crippen MR) is 114 cm³/mol. The number of hydrogen-bond donors (Lipinski definition) is 0. The minimum absolute atomic E-state index is 0.119. The summed E-state index contributed by atoms with van der Waals surface area (Å²) in [5.74, 6) is 5.04. The van der Waals surface area contributed by atoms with Gasteiger partial charge in [-0.1, -0.05) is 40.5 Å². The second kappa shape index (κ2) is 7.77. The number of aryl methyl sites for hydroxylation is 1. The van der Waals surface area contributed by atoms with E-state index in [1.54, 1.807) is 0 Å². The Bertz CT molecular complexity index is 745. The Labute approximate surface area is 176 Å². The summed E-state index contributed by atoms with van der Waals surface area (Å²) in [6, 6.07) is 0. The fourth-order valence-corrected chi connectivity index (χ4v) is 7.94. The highest BCUT2D eigenvalue weighted by Gasteiger charge is 2.56. The predicted octanol–water partition coefficient (Wildman–Crippen LogP) is 5.24. The molecule has 0 aliphatic heterocycles. The number of tetrazole rings is 1. The van der Waals surface area contributed by atoms with Crippen molar-refractivity contribution in [1.29, 1.82) is 0 Å². The highest BCUT2D eigenvalue weighted by atomic mass is 16.1. The summed E-state index contributed by atoms with van der Waals surface area (Å²) in [5.41, 5.74) is 0.657. The monoisotopic (exact) mass is 400 g/mol. The molecule has 1 aromatic rings. The normalized spacial score (nSPS) is 42.2. The molecule has 3 aliphatic rings. The van der Waals surface area contributed by atoms with Gasteiger partial charge in [-0.3, -0.25) is 4.79 Å². The molecule has 0 radical (unpaired) electrons. The van der Waals surface area contributed by atoms with Crippen molar-refractivity contribution in [2.45, 2.75) is 99.0 Å². The molecule has 0 aromatic carbocycles. The summed E-state index contributed by atoms with van der Waals surface area (Å²) in [6.45, 7) is 11.9. The van der Waals surface area contributed by atoms with Crippen molar-refractivity contribution in [3.05, 3.63) is 5.82 Å². The van der Waals surface area contributed by atoms with Crippen molar-refractivity contribution in [2.75, 3.05) is 0 Å². The van der Waals surface area contributed by atoms with E-state index in [0.29, 0.717) is 23.6 Å². The van der Waals surface area contributed by atoms with E-state index in [-0.39, 0.29) is 17.7 Å². The Kier molecular flexibility index (Phi) is 5.63. The third-order valence-electron chi connectivity index (χ3n) is 9.36. The van der Waals surface area contributed by atoms with Crippen LogP contribution in [0.2, 0.25) is 0 Å². The zero-order valence-corrected chi connectivity index (χ0v) is 19.2. The Morgan fingerprint density at radius 3 is 2.66 bits per heavy atom. The van der Waals surface area contributed by atoms with Crippen LogP contribution in [0, 0.1) is 47.3 Å². The lowest BCUT2D eigenvalue weighted by Gasteiger charge is -2.61. The molecule has 0 saturated heterocycles. The van der Waals surface area contributed by atoms with E-state index in [4.69, 9.17) is 0 Å². The average Bonchev–Trinajstić information content (AvgIpc) is 3.06. The van der Waals surface area contributed by atoms with E-state index in [0.717, 1.165) is 23.7 Å². The van der Waals surface area contributed by atoms with Crippen LogP contribution in [-0.4, -0.2) is 26.0 Å². The second-order valence-electron chi connectivity index (χ2n) is 11.2. The summed E-state index contributed by atoms with van der Waals surface area (Å²) in [4.78, 5) is 14.4. The molecule has 0 spiro atoms. The Morgan fingerprint density at radius 1 is 1.17 bits per heavy atom. The zero-order chi connectivity index (χ0) is 20.8. The van der Waals surface area contributed by atoms with Gasteiger partial charge in [0.05, 0.1) is 0 Å². The van der Waals surface area contributed by atoms with Crippen molar-refractivity contribution in [3.63, 3.8) is 0 Å². The van der Waals surface area contributed by atoms with Crippen LogP contribution in [0.4, 0.5) is 0 Å². The molecule has 0 amide bonds. The zero-order valence-electron chi connectivity index (χ0n) is 19.2. The van der Waals surface area contributed by atoms with Crippen LogP contribution >= 0.6 is 0 Å². The van der Waals surface area contributed by atoms with Crippen LogP contribution in [0.5, 0.6) is 0 Å². The van der Waals surface area contributed by atoms with Crippen LogP contribution in [0.1, 0.15) is 91.3 Å². The first-order chi connectivity index (χ1) is 13.7. The molecular weight excluding hydrogens is 360 g/mol. The van der Waals surface area contributed by atoms with E-state index in [2.05, 4.69) is 43.1 Å². The van der Waals surface area contributed by atoms with Crippen molar-refractivity contribution in [2.24, 2.45) is 40.4 Å². The molecule has 1 heterocycles. The third-order valence-corrected chi connectivity index (χ3v) is 9.36. The lowest BCUT2D eigenvalue weighted by atomic mass is 9.43. The highest BCUT2D eigenvalue weighted by molar-refractivity contribution is 5.78. The van der Waals surface area contributed by atoms with Crippen LogP contribution in [0.15, 0.2) is 0 Å². The number of carbonyl (C=O) groups excluding carboxylic acids is 1. The summed E-state index contributed by atoms with van der Waals surface area (Å²) < 4.78 is 0. The van der Waals surface area contributed by atoms with Crippen LogP contribution < -0.4 is 0 Å². The number of fused-ring (bicyclic) bond motifs is 3. The molecule has 3 saturated carbocycles. The van der Waals surface area contributed by atoms with Gasteiger partial charge in [-0.15, -0.1) is 10.2 Å². The molecule has 5 heteroatoms. The van der Waals surface area contributed by atoms with Crippen LogP contribution in [-0.2, 0) is 11.3 Å². The number of aromatic nitrogens is 4. The van der Waals surface area contributed by atoms with Gasteiger partial charge in [0.15, 0.2) is 11.6 Å². The molecule has 4 rings (SSSR count). The van der Waals surface area contributed by atoms with E-state index in [1.807, 2.05) is 6.92 Å². The first-order valence-electron chi connectivity index (χ1n) is 12.0. The maximum atomic E-state index is 12.9. The van der Waals surface area contributed by atoms with E-state index < -0.39 is 0 Å². The number of hydrogen-bond acceptors (Lipinski definition) is 4. The Hall–Kier alpha value is -1.26. The van der Waals surface area contributed by atoms with Gasteiger partial charge in [-0.25, -0.2) is 0 Å². The van der Waals surface area contributed by atoms with Gasteiger partial charge in [0.25, 0.3) is 0 Å². The van der Waals surface area contributed by atoms with Gasteiger partial charge in [0, 0.05) is 6.42 Å². The molecule has 29 heavy (non-hydrogen) atoms. The number of rotatable bonds is 5. The van der Waals surface area contributed by atoms with Gasteiger partial charge in [-0.05, 0) is 91.1 Å². The van der Waals surface area contributed by atoms with Gasteiger partial charge in [0.1, 0.15) is 6.54 Å². The quantitative estimate of drug-likeness (QED) is 0.678.